The molecule has 1 saturated carbocycles. The summed E-state index contributed by atoms with van der Waals surface area (Å²) in [4.78, 5) is 15.2. The Hall–Kier alpha value is -5.09. The molecule has 3 unspecified atom stereocenters. The Morgan fingerprint density at radius 3 is 2.40 bits per heavy atom. The fraction of sp³-hybridized carbons (Fsp3) is 0.154. The molecule has 0 saturated heterocycles. The van der Waals surface area contributed by atoms with E-state index in [0.717, 1.165) is 47.7 Å². The second kappa shape index (κ2) is 9.47. The molecule has 0 spiro atoms. The molecule has 1 fully saturated rings. The number of fused-ring (bicyclic) bond motifs is 7. The lowest BCUT2D eigenvalue weighted by atomic mass is 9.84. The number of nitrogens with zero attached hydrogens (tertiary/aromatic N) is 4. The van der Waals surface area contributed by atoms with Crippen molar-refractivity contribution in [2.45, 2.75) is 18.3 Å². The molecule has 3 aromatic carbocycles. The van der Waals surface area contributed by atoms with E-state index >= 15 is 0 Å². The third kappa shape index (κ3) is 3.86. The Kier molecular flexibility index (Phi) is 5.39. The molecule has 4 aliphatic rings. The van der Waals surface area contributed by atoms with Crippen molar-refractivity contribution in [3.63, 3.8) is 0 Å². The second-order valence-corrected chi connectivity index (χ2v) is 12.1. The number of hydrogen-bond acceptors (Lipinski definition) is 3. The molecular formula is C39H30N4. The lowest BCUT2D eigenvalue weighted by Gasteiger charge is -2.24. The van der Waals surface area contributed by atoms with Crippen LogP contribution in [0.15, 0.2) is 132 Å². The van der Waals surface area contributed by atoms with E-state index in [0.29, 0.717) is 11.8 Å². The van der Waals surface area contributed by atoms with E-state index in [-0.39, 0.29) is 5.41 Å². The first-order valence-electron chi connectivity index (χ1n) is 15.2. The number of rotatable bonds is 4. The zero-order valence-corrected chi connectivity index (χ0v) is 23.8. The fourth-order valence-electron chi connectivity index (χ4n) is 7.46. The molecule has 2 bridgehead atoms. The Morgan fingerprint density at radius 2 is 1.53 bits per heavy atom. The van der Waals surface area contributed by atoms with Gasteiger partial charge in [-0.25, -0.2) is 9.97 Å². The van der Waals surface area contributed by atoms with Crippen molar-refractivity contribution in [3.05, 3.63) is 144 Å². The van der Waals surface area contributed by atoms with Crippen LogP contribution in [0.3, 0.4) is 0 Å². The molecule has 43 heavy (non-hydrogen) atoms. The van der Waals surface area contributed by atoms with Crippen LogP contribution in [0.2, 0.25) is 0 Å². The molecule has 4 heteroatoms. The summed E-state index contributed by atoms with van der Waals surface area (Å²) in [5.41, 5.74) is 10.5. The summed E-state index contributed by atoms with van der Waals surface area (Å²) in [7, 11) is 0. The lowest BCUT2D eigenvalue weighted by molar-refractivity contribution is 0.660. The highest BCUT2D eigenvalue weighted by Crippen LogP contribution is 2.65. The maximum atomic E-state index is 5.20. The number of benzene rings is 3. The second-order valence-electron chi connectivity index (χ2n) is 12.1. The van der Waals surface area contributed by atoms with Gasteiger partial charge in [0.1, 0.15) is 0 Å². The van der Waals surface area contributed by atoms with Gasteiger partial charge >= 0.3 is 0 Å². The summed E-state index contributed by atoms with van der Waals surface area (Å²) in [5, 5.41) is 1.32. The van der Waals surface area contributed by atoms with Crippen LogP contribution in [-0.2, 0) is 5.41 Å². The molecule has 0 N–H and O–H groups in total. The third-order valence-corrected chi connectivity index (χ3v) is 9.53. The minimum atomic E-state index is -0.0925. The summed E-state index contributed by atoms with van der Waals surface area (Å²) in [5.74, 6) is 1.55. The molecule has 3 atom stereocenters. The highest BCUT2D eigenvalue weighted by molar-refractivity contribution is 6.00. The van der Waals surface area contributed by atoms with Gasteiger partial charge in [-0.05, 0) is 42.2 Å². The monoisotopic (exact) mass is 554 g/mol. The molecule has 9 rings (SSSR count). The molecule has 0 amide bonds. The van der Waals surface area contributed by atoms with E-state index in [9.17, 15) is 0 Å². The van der Waals surface area contributed by atoms with Gasteiger partial charge in [0.05, 0.1) is 22.6 Å². The zero-order valence-electron chi connectivity index (χ0n) is 23.8. The van der Waals surface area contributed by atoms with Gasteiger partial charge in [-0.2, -0.15) is 0 Å². The van der Waals surface area contributed by atoms with Gasteiger partial charge in [-0.1, -0.05) is 109 Å². The summed E-state index contributed by atoms with van der Waals surface area (Å²) >= 11 is 0. The lowest BCUT2D eigenvalue weighted by Crippen LogP contribution is -2.17. The molecule has 4 nitrogen and oxygen atoms in total. The standard InChI is InChI=1S/C39H30N4/c1-3-12-27(13-4-1)33-22-34(42-38(41-33)28-14-5-2-6-15-28)30-18-10-20-39(23-32(30)39)37-31-17-7-8-19-35(31)43-29-16-9-11-26(21-29)24-40-25-36(37)43/h1-20,22,25-26,32H,21,23-24H2. The smallest absolute Gasteiger partial charge is 0.160 e. The van der Waals surface area contributed by atoms with Gasteiger partial charge in [-0.3, -0.25) is 4.99 Å². The van der Waals surface area contributed by atoms with Crippen LogP contribution in [-0.4, -0.2) is 27.3 Å². The largest absolute Gasteiger partial charge is 0.312 e. The van der Waals surface area contributed by atoms with Gasteiger partial charge in [0.25, 0.3) is 0 Å². The summed E-state index contributed by atoms with van der Waals surface area (Å²) in [6, 6.07) is 31.9. The predicted octanol–water partition coefficient (Wildman–Crippen LogP) is 8.53. The predicted molar refractivity (Wildman–Crippen MR) is 176 cm³/mol. The van der Waals surface area contributed by atoms with Crippen molar-refractivity contribution in [1.29, 1.82) is 0 Å². The quantitative estimate of drug-likeness (QED) is 0.223. The van der Waals surface area contributed by atoms with Gasteiger partial charge in [-0.15, -0.1) is 0 Å². The van der Waals surface area contributed by atoms with E-state index in [1.54, 1.807) is 0 Å². The first-order valence-corrected chi connectivity index (χ1v) is 15.2. The van der Waals surface area contributed by atoms with Gasteiger partial charge in [0.2, 0.25) is 0 Å². The van der Waals surface area contributed by atoms with E-state index < -0.39 is 0 Å². The van der Waals surface area contributed by atoms with Crippen molar-refractivity contribution in [2.75, 3.05) is 6.54 Å². The van der Waals surface area contributed by atoms with Crippen molar-refractivity contribution in [3.8, 4) is 22.6 Å². The van der Waals surface area contributed by atoms with E-state index in [1.807, 2.05) is 12.1 Å². The number of aliphatic imine (C=N–C) groups is 1. The fourth-order valence-corrected chi connectivity index (χ4v) is 7.46. The molecule has 0 radical (unpaired) electrons. The Bertz CT molecular complexity index is 2000. The minimum Gasteiger partial charge on any atom is -0.312 e. The molecule has 206 valence electrons. The van der Waals surface area contributed by atoms with Gasteiger partial charge in [0, 0.05) is 52.2 Å². The van der Waals surface area contributed by atoms with Crippen molar-refractivity contribution >= 4 is 28.4 Å². The summed E-state index contributed by atoms with van der Waals surface area (Å²) in [6.07, 6.45) is 18.0. The van der Waals surface area contributed by atoms with Crippen molar-refractivity contribution in [1.82, 2.24) is 14.5 Å². The van der Waals surface area contributed by atoms with E-state index in [2.05, 4.69) is 126 Å². The highest BCUT2D eigenvalue weighted by Gasteiger charge is 2.58. The average molecular weight is 555 g/mol. The van der Waals surface area contributed by atoms with Crippen LogP contribution in [0.4, 0.5) is 0 Å². The van der Waals surface area contributed by atoms with Crippen molar-refractivity contribution < 1.29 is 0 Å². The van der Waals surface area contributed by atoms with Gasteiger partial charge < -0.3 is 4.57 Å². The topological polar surface area (TPSA) is 43.1 Å². The van der Waals surface area contributed by atoms with Crippen LogP contribution in [0.25, 0.3) is 44.8 Å². The molecule has 1 aliphatic heterocycles. The number of aromatic nitrogens is 3. The van der Waals surface area contributed by atoms with Crippen LogP contribution >= 0.6 is 0 Å². The molecule has 2 aromatic heterocycles. The van der Waals surface area contributed by atoms with Crippen LogP contribution in [0.5, 0.6) is 0 Å². The first kappa shape index (κ1) is 24.5. The normalized spacial score (nSPS) is 23.2. The molecular weight excluding hydrogens is 524 g/mol. The maximum absolute atomic E-state index is 5.20. The van der Waals surface area contributed by atoms with Crippen molar-refractivity contribution in [2.24, 2.45) is 16.8 Å². The summed E-state index contributed by atoms with van der Waals surface area (Å²) in [6.45, 7) is 0.831. The Morgan fingerprint density at radius 1 is 0.767 bits per heavy atom. The summed E-state index contributed by atoms with van der Waals surface area (Å²) < 4.78 is 2.48. The number of para-hydroxylation sites is 1. The SMILES string of the molecule is C1=CC2CN=Cc3c(C45C=CC=C(c6cc(-c7ccccc7)nc(-c7ccccc7)n6)C4C5)c4ccccc4n3C(=C1)C2. The maximum Gasteiger partial charge on any atom is 0.160 e. The first-order chi connectivity index (χ1) is 21.3. The average Bonchev–Trinajstić information content (AvgIpc) is 3.73. The third-order valence-electron chi connectivity index (χ3n) is 9.53. The van der Waals surface area contributed by atoms with E-state index in [4.69, 9.17) is 15.0 Å². The van der Waals surface area contributed by atoms with Crippen LogP contribution in [0, 0.1) is 11.8 Å². The number of allylic oxidation sites excluding steroid dienone is 7. The van der Waals surface area contributed by atoms with Crippen LogP contribution < -0.4 is 0 Å². The van der Waals surface area contributed by atoms with Gasteiger partial charge in [0.15, 0.2) is 5.82 Å². The molecule has 5 aromatic rings. The van der Waals surface area contributed by atoms with Crippen LogP contribution in [0.1, 0.15) is 29.8 Å². The molecule has 3 heterocycles. The Balaban J connectivity index is 1.20. The highest BCUT2D eigenvalue weighted by atomic mass is 15.0. The zero-order chi connectivity index (χ0) is 28.4. The molecule has 3 aliphatic carbocycles. The number of hydrogen-bond donors (Lipinski definition) is 0. The minimum absolute atomic E-state index is 0.0925. The van der Waals surface area contributed by atoms with E-state index in [1.165, 1.54) is 33.4 Å². The Labute approximate surface area is 251 Å².